The highest BCUT2D eigenvalue weighted by molar-refractivity contribution is 6.65. The molecular weight excluding hydrogens is 286 g/mol. The third-order valence-electron chi connectivity index (χ3n) is 2.55. The van der Waals surface area contributed by atoms with E-state index < -0.39 is 29.1 Å². The molecule has 0 aromatic heterocycles. The highest BCUT2D eigenvalue weighted by atomic mass is 35.5. The Morgan fingerprint density at radius 2 is 1.80 bits per heavy atom. The predicted molar refractivity (Wildman–Crippen MR) is 70.6 cm³/mol. The number of halogens is 1. The Kier molecular flexibility index (Phi) is 6.14. The summed E-state index contributed by atoms with van der Waals surface area (Å²) in [6, 6.07) is 7.33. The summed E-state index contributed by atoms with van der Waals surface area (Å²) in [5.74, 6) is -3.50. The van der Waals surface area contributed by atoms with Gasteiger partial charge in [0.1, 0.15) is 12.6 Å². The molecule has 0 aliphatic carbocycles. The molecule has 0 saturated carbocycles. The van der Waals surface area contributed by atoms with E-state index in [-0.39, 0.29) is 6.61 Å². The minimum absolute atomic E-state index is 0.0453. The van der Waals surface area contributed by atoms with E-state index in [1.165, 1.54) is 0 Å². The monoisotopic (exact) mass is 299 g/mol. The predicted octanol–water partition coefficient (Wildman–Crippen LogP) is 0.612. The number of benzene rings is 1. The first-order chi connectivity index (χ1) is 9.47. The minimum Gasteiger partial charge on any atom is -0.468 e. The Labute approximate surface area is 120 Å². The van der Waals surface area contributed by atoms with Crippen LogP contribution in [0.3, 0.4) is 0 Å². The number of rotatable bonds is 6. The fraction of sp³-hybridized carbons (Fsp3) is 0.308. The van der Waals surface area contributed by atoms with Crippen LogP contribution in [0.15, 0.2) is 30.3 Å². The third-order valence-corrected chi connectivity index (χ3v) is 2.81. The summed E-state index contributed by atoms with van der Waals surface area (Å²) >= 11 is 5.21. The summed E-state index contributed by atoms with van der Waals surface area (Å²) in [4.78, 5) is 34.4. The van der Waals surface area contributed by atoms with Gasteiger partial charge in [-0.3, -0.25) is 14.4 Å². The second-order valence-electron chi connectivity index (χ2n) is 3.92. The molecular formula is C13H14ClNO5. The van der Waals surface area contributed by atoms with Crippen LogP contribution in [0.2, 0.25) is 0 Å². The Bertz CT molecular complexity index is 491. The van der Waals surface area contributed by atoms with Crippen molar-refractivity contribution in [2.24, 2.45) is 11.7 Å². The summed E-state index contributed by atoms with van der Waals surface area (Å²) in [5.41, 5.74) is 6.16. The van der Waals surface area contributed by atoms with Crippen molar-refractivity contribution in [2.45, 2.75) is 12.6 Å². The van der Waals surface area contributed by atoms with Gasteiger partial charge in [-0.05, 0) is 17.2 Å². The van der Waals surface area contributed by atoms with E-state index in [9.17, 15) is 14.4 Å². The average Bonchev–Trinajstić information content (AvgIpc) is 2.45. The van der Waals surface area contributed by atoms with Gasteiger partial charge in [0.05, 0.1) is 7.11 Å². The molecule has 2 atom stereocenters. The van der Waals surface area contributed by atoms with Crippen molar-refractivity contribution in [2.75, 3.05) is 7.11 Å². The maximum Gasteiger partial charge on any atom is 0.322 e. The number of ether oxygens (including phenoxy) is 2. The van der Waals surface area contributed by atoms with Crippen LogP contribution in [0.1, 0.15) is 5.56 Å². The molecule has 0 spiro atoms. The molecule has 1 rings (SSSR count). The van der Waals surface area contributed by atoms with Crippen LogP contribution < -0.4 is 5.73 Å². The quantitative estimate of drug-likeness (QED) is 0.470. The molecule has 7 heteroatoms. The standard InChI is InChI=1S/C13H14ClNO5/c1-19-12(17)9(10(15)11(14)16)13(18)20-7-8-5-3-2-4-6-8/h2-6,9-10H,7,15H2,1H3. The molecule has 2 N–H and O–H groups in total. The molecule has 0 saturated heterocycles. The summed E-state index contributed by atoms with van der Waals surface area (Å²) < 4.78 is 9.38. The van der Waals surface area contributed by atoms with Crippen molar-refractivity contribution in [3.05, 3.63) is 35.9 Å². The molecule has 0 amide bonds. The van der Waals surface area contributed by atoms with Gasteiger partial charge in [-0.1, -0.05) is 30.3 Å². The molecule has 0 fully saturated rings. The summed E-state index contributed by atoms with van der Waals surface area (Å²) in [6.07, 6.45) is 0. The van der Waals surface area contributed by atoms with Crippen LogP contribution in [-0.4, -0.2) is 30.3 Å². The van der Waals surface area contributed by atoms with E-state index in [0.717, 1.165) is 12.7 Å². The Morgan fingerprint density at radius 3 is 2.30 bits per heavy atom. The molecule has 2 unspecified atom stereocenters. The van der Waals surface area contributed by atoms with E-state index in [0.29, 0.717) is 0 Å². The number of carbonyl (C=O) groups is 3. The minimum atomic E-state index is -1.58. The van der Waals surface area contributed by atoms with Gasteiger partial charge in [0.25, 0.3) is 0 Å². The molecule has 0 radical (unpaired) electrons. The van der Waals surface area contributed by atoms with Crippen molar-refractivity contribution < 1.29 is 23.9 Å². The summed E-state index contributed by atoms with van der Waals surface area (Å²) in [7, 11) is 1.07. The zero-order valence-electron chi connectivity index (χ0n) is 10.7. The maximum atomic E-state index is 11.8. The summed E-state index contributed by atoms with van der Waals surface area (Å²) in [6.45, 7) is -0.0453. The lowest BCUT2D eigenvalue weighted by atomic mass is 10.0. The van der Waals surface area contributed by atoms with Crippen molar-refractivity contribution >= 4 is 28.8 Å². The van der Waals surface area contributed by atoms with Crippen LogP contribution in [0.5, 0.6) is 0 Å². The van der Waals surface area contributed by atoms with Crippen LogP contribution in [0, 0.1) is 5.92 Å². The van der Waals surface area contributed by atoms with Crippen molar-refractivity contribution in [3.8, 4) is 0 Å². The zero-order chi connectivity index (χ0) is 15.1. The van der Waals surface area contributed by atoms with Crippen LogP contribution in [-0.2, 0) is 30.5 Å². The van der Waals surface area contributed by atoms with E-state index >= 15 is 0 Å². The first-order valence-corrected chi connectivity index (χ1v) is 6.08. The molecule has 0 aliphatic rings. The number of esters is 2. The fourth-order valence-electron chi connectivity index (χ4n) is 1.47. The van der Waals surface area contributed by atoms with Gasteiger partial charge in [-0.2, -0.15) is 0 Å². The first-order valence-electron chi connectivity index (χ1n) is 5.70. The normalized spacial score (nSPS) is 13.2. The van der Waals surface area contributed by atoms with Gasteiger partial charge < -0.3 is 15.2 Å². The highest BCUT2D eigenvalue weighted by Crippen LogP contribution is 2.12. The van der Waals surface area contributed by atoms with Gasteiger partial charge in [0.15, 0.2) is 5.92 Å². The first kappa shape index (κ1) is 16.1. The Morgan fingerprint density at radius 1 is 1.20 bits per heavy atom. The number of hydrogen-bond acceptors (Lipinski definition) is 6. The lowest BCUT2D eigenvalue weighted by Gasteiger charge is -2.17. The maximum absolute atomic E-state index is 11.8. The van der Waals surface area contributed by atoms with E-state index in [4.69, 9.17) is 22.1 Å². The molecule has 0 heterocycles. The highest BCUT2D eigenvalue weighted by Gasteiger charge is 2.38. The molecule has 1 aromatic carbocycles. The Hall–Kier alpha value is -1.92. The van der Waals surface area contributed by atoms with Crippen molar-refractivity contribution in [1.29, 1.82) is 0 Å². The van der Waals surface area contributed by atoms with E-state index in [2.05, 4.69) is 4.74 Å². The molecule has 6 nitrogen and oxygen atoms in total. The summed E-state index contributed by atoms with van der Waals surface area (Å²) in [5, 5.41) is -1.02. The number of methoxy groups -OCH3 is 1. The van der Waals surface area contributed by atoms with Gasteiger partial charge in [-0.15, -0.1) is 0 Å². The second kappa shape index (κ2) is 7.62. The van der Waals surface area contributed by atoms with Crippen LogP contribution in [0.4, 0.5) is 0 Å². The van der Waals surface area contributed by atoms with Gasteiger partial charge >= 0.3 is 11.9 Å². The topological polar surface area (TPSA) is 95.7 Å². The molecule has 0 bridgehead atoms. The second-order valence-corrected chi connectivity index (χ2v) is 4.30. The van der Waals surface area contributed by atoms with Gasteiger partial charge in [0, 0.05) is 0 Å². The number of nitrogens with two attached hydrogens (primary N) is 1. The largest absolute Gasteiger partial charge is 0.468 e. The van der Waals surface area contributed by atoms with Gasteiger partial charge in [-0.25, -0.2) is 0 Å². The lowest BCUT2D eigenvalue weighted by Crippen LogP contribution is -2.45. The van der Waals surface area contributed by atoms with Crippen LogP contribution >= 0.6 is 11.6 Å². The molecule has 0 aliphatic heterocycles. The third kappa shape index (κ3) is 4.32. The van der Waals surface area contributed by atoms with E-state index in [1.807, 2.05) is 6.07 Å². The van der Waals surface area contributed by atoms with Crippen LogP contribution in [0.25, 0.3) is 0 Å². The number of carbonyl (C=O) groups excluding carboxylic acids is 3. The molecule has 20 heavy (non-hydrogen) atoms. The van der Waals surface area contributed by atoms with Crippen molar-refractivity contribution in [3.63, 3.8) is 0 Å². The van der Waals surface area contributed by atoms with E-state index in [1.54, 1.807) is 24.3 Å². The lowest BCUT2D eigenvalue weighted by molar-refractivity contribution is -0.163. The Balaban J connectivity index is 2.73. The SMILES string of the molecule is COC(=O)C(C(=O)OCc1ccccc1)C(N)C(=O)Cl. The smallest absolute Gasteiger partial charge is 0.322 e. The van der Waals surface area contributed by atoms with Gasteiger partial charge in [0.2, 0.25) is 5.24 Å². The number of hydrogen-bond donors (Lipinski definition) is 1. The molecule has 108 valence electrons. The molecule has 1 aromatic rings. The van der Waals surface area contributed by atoms with Crippen molar-refractivity contribution in [1.82, 2.24) is 0 Å². The zero-order valence-corrected chi connectivity index (χ0v) is 11.5. The average molecular weight is 300 g/mol. The fourth-order valence-corrected chi connectivity index (χ4v) is 1.59.